The molecule has 0 aliphatic rings. The molecule has 0 aliphatic heterocycles. The average molecular weight is 612 g/mol. The Labute approximate surface area is 257 Å². The zero-order valence-electron chi connectivity index (χ0n) is 22.3. The van der Waals surface area contributed by atoms with Crippen molar-refractivity contribution >= 4 is 63.1 Å². The third-order valence-electron chi connectivity index (χ3n) is 6.92. The quantitative estimate of drug-likeness (QED) is 0.169. The van der Waals surface area contributed by atoms with E-state index in [4.69, 9.17) is 45.4 Å². The molecule has 10 heteroatoms. The molecule has 0 amide bonds. The predicted molar refractivity (Wildman–Crippen MR) is 173 cm³/mol. The number of anilines is 2. The second-order valence-electron chi connectivity index (χ2n) is 9.69. The Morgan fingerprint density at radius 2 is 1.60 bits per heavy atom. The van der Waals surface area contributed by atoms with Gasteiger partial charge >= 0.3 is 0 Å². The largest absolute Gasteiger partial charge is 0.374 e. The molecule has 0 aliphatic carbocycles. The number of nitrogens with zero attached hydrogens (tertiary/aromatic N) is 4. The predicted octanol–water partition coefficient (Wildman–Crippen LogP) is 7.43. The van der Waals surface area contributed by atoms with Gasteiger partial charge in [-0.25, -0.2) is 15.0 Å². The van der Waals surface area contributed by atoms with Gasteiger partial charge in [0.25, 0.3) is 0 Å². The van der Waals surface area contributed by atoms with Crippen molar-refractivity contribution < 1.29 is 5.11 Å². The molecular formula is C32H24Cl2N6OS. The van der Waals surface area contributed by atoms with Gasteiger partial charge in [0.1, 0.15) is 0 Å². The highest BCUT2D eigenvalue weighted by atomic mass is 35.5. The van der Waals surface area contributed by atoms with Gasteiger partial charge in [-0.05, 0) is 71.9 Å². The van der Waals surface area contributed by atoms with Crippen molar-refractivity contribution in [3.05, 3.63) is 136 Å². The van der Waals surface area contributed by atoms with Crippen LogP contribution in [0.4, 0.5) is 11.6 Å². The maximum Gasteiger partial charge on any atom is 0.230 e. The Balaban J connectivity index is 1.50. The summed E-state index contributed by atoms with van der Waals surface area (Å²) in [5.74, 6) is 0.318. The van der Waals surface area contributed by atoms with Crippen LogP contribution in [0, 0.1) is 0 Å². The van der Waals surface area contributed by atoms with Gasteiger partial charge in [-0.3, -0.25) is 0 Å². The number of para-hydroxylation sites is 1. The van der Waals surface area contributed by atoms with Crippen molar-refractivity contribution in [2.24, 2.45) is 7.05 Å². The van der Waals surface area contributed by atoms with Gasteiger partial charge < -0.3 is 20.3 Å². The van der Waals surface area contributed by atoms with E-state index >= 15 is 0 Å². The Hall–Kier alpha value is -4.34. The summed E-state index contributed by atoms with van der Waals surface area (Å²) < 4.78 is 1.79. The Morgan fingerprint density at radius 1 is 0.833 bits per heavy atom. The van der Waals surface area contributed by atoms with Crippen molar-refractivity contribution in [2.75, 3.05) is 10.6 Å². The van der Waals surface area contributed by atoms with Gasteiger partial charge in [0, 0.05) is 33.7 Å². The minimum atomic E-state index is -1.55. The van der Waals surface area contributed by atoms with Crippen molar-refractivity contribution in [1.29, 1.82) is 0 Å². The van der Waals surface area contributed by atoms with E-state index in [1.165, 1.54) is 0 Å². The van der Waals surface area contributed by atoms with Gasteiger partial charge in [0.05, 0.1) is 29.4 Å². The number of aryl methyl sites for hydroxylation is 1. The summed E-state index contributed by atoms with van der Waals surface area (Å²) >= 11 is 18.1. The van der Waals surface area contributed by atoms with E-state index < -0.39 is 5.60 Å². The number of aliphatic hydroxyl groups is 1. The molecule has 208 valence electrons. The first-order chi connectivity index (χ1) is 20.3. The molecule has 0 fully saturated rings. The molecule has 6 rings (SSSR count). The van der Waals surface area contributed by atoms with Crippen LogP contribution in [0.1, 0.15) is 16.8 Å². The minimum absolute atomic E-state index is 0.318. The number of hydrogen-bond acceptors (Lipinski definition) is 5. The summed E-state index contributed by atoms with van der Waals surface area (Å²) in [5.41, 5.74) is 3.18. The molecule has 6 aromatic rings. The van der Waals surface area contributed by atoms with E-state index in [1.54, 1.807) is 35.3 Å². The van der Waals surface area contributed by atoms with Crippen LogP contribution in [0.15, 0.2) is 110 Å². The minimum Gasteiger partial charge on any atom is -0.374 e. The summed E-state index contributed by atoms with van der Waals surface area (Å²) in [4.78, 5) is 13.9. The fourth-order valence-electron chi connectivity index (χ4n) is 4.91. The van der Waals surface area contributed by atoms with Crippen LogP contribution in [0.5, 0.6) is 0 Å². The number of aromatic nitrogens is 4. The van der Waals surface area contributed by atoms with Crippen molar-refractivity contribution in [3.8, 4) is 11.3 Å². The van der Waals surface area contributed by atoms with Crippen molar-refractivity contribution in [1.82, 2.24) is 19.5 Å². The van der Waals surface area contributed by atoms with Gasteiger partial charge in [-0.15, -0.1) is 0 Å². The molecule has 1 atom stereocenters. The molecule has 0 saturated carbocycles. The van der Waals surface area contributed by atoms with Gasteiger partial charge in [-0.2, -0.15) is 0 Å². The van der Waals surface area contributed by atoms with Crippen LogP contribution in [0.25, 0.3) is 22.2 Å². The second-order valence-corrected chi connectivity index (χ2v) is 11.0. The van der Waals surface area contributed by atoms with Crippen molar-refractivity contribution in [2.45, 2.75) is 5.60 Å². The smallest absolute Gasteiger partial charge is 0.230 e. The fraction of sp³-hybridized carbons (Fsp3) is 0.0625. The molecule has 0 bridgehead atoms. The van der Waals surface area contributed by atoms with Crippen LogP contribution >= 0.6 is 35.4 Å². The molecule has 3 N–H and O–H groups in total. The lowest BCUT2D eigenvalue weighted by Gasteiger charge is -2.30. The fourth-order valence-corrected chi connectivity index (χ4v) is 5.44. The molecule has 0 radical (unpaired) electrons. The molecular weight excluding hydrogens is 587 g/mol. The summed E-state index contributed by atoms with van der Waals surface area (Å²) in [5, 5.41) is 20.9. The summed E-state index contributed by atoms with van der Waals surface area (Å²) in [6.07, 6.45) is 3.31. The Kier molecular flexibility index (Phi) is 7.62. The maximum absolute atomic E-state index is 12.5. The second kappa shape index (κ2) is 11.5. The van der Waals surface area contributed by atoms with Crippen LogP contribution in [-0.2, 0) is 12.6 Å². The number of benzene rings is 4. The van der Waals surface area contributed by atoms with E-state index in [0.29, 0.717) is 49.1 Å². The zero-order chi connectivity index (χ0) is 29.3. The topological polar surface area (TPSA) is 87.9 Å². The van der Waals surface area contributed by atoms with Gasteiger partial charge in [0.2, 0.25) is 5.95 Å². The number of nitrogens with one attached hydrogen (secondary N) is 2. The number of thiocarbonyl (C=S) groups is 1. The summed E-state index contributed by atoms with van der Waals surface area (Å²) in [6, 6.07) is 29.8. The van der Waals surface area contributed by atoms with Crippen LogP contribution < -0.4 is 10.6 Å². The number of halogens is 2. The van der Waals surface area contributed by atoms with Gasteiger partial charge in [0.15, 0.2) is 10.7 Å². The number of imidazole rings is 1. The lowest BCUT2D eigenvalue weighted by molar-refractivity contribution is 0.117. The monoisotopic (exact) mass is 610 g/mol. The zero-order valence-corrected chi connectivity index (χ0v) is 24.6. The molecule has 0 spiro atoms. The molecule has 2 heterocycles. The normalized spacial score (nSPS) is 12.6. The molecule has 42 heavy (non-hydrogen) atoms. The van der Waals surface area contributed by atoms with E-state index in [9.17, 15) is 5.11 Å². The Morgan fingerprint density at radius 3 is 2.31 bits per heavy atom. The summed E-state index contributed by atoms with van der Waals surface area (Å²) in [7, 11) is 1.84. The standard InChI is InChI=1S/C32H24Cl2N6OS/c1-40-19-35-18-28(40)32(41,21-10-13-23(33)14-11-21)22-12-15-27-26(17-22)29(20-6-5-7-24(34)16-20)38-30(37-27)39-31(42)36-25-8-3-2-4-9-25/h2-19,41H,1H3,(H2,36,37,38,39,42). The molecule has 0 saturated heterocycles. The third-order valence-corrected chi connectivity index (χ3v) is 7.61. The lowest BCUT2D eigenvalue weighted by atomic mass is 9.83. The lowest BCUT2D eigenvalue weighted by Crippen LogP contribution is -2.31. The molecule has 7 nitrogen and oxygen atoms in total. The number of rotatable bonds is 6. The molecule has 1 unspecified atom stereocenters. The number of fused-ring (bicyclic) bond motifs is 1. The highest BCUT2D eigenvalue weighted by Gasteiger charge is 2.37. The van der Waals surface area contributed by atoms with E-state index in [0.717, 1.165) is 16.6 Å². The number of hydrogen-bond donors (Lipinski definition) is 3. The SMILES string of the molecule is Cn1cncc1C(O)(c1ccc(Cl)cc1)c1ccc2nc(NC(=S)Nc3ccccc3)nc(-c3cccc(Cl)c3)c2c1. The summed E-state index contributed by atoms with van der Waals surface area (Å²) in [6.45, 7) is 0. The molecule has 2 aromatic heterocycles. The van der Waals surface area contributed by atoms with E-state index in [-0.39, 0.29) is 0 Å². The van der Waals surface area contributed by atoms with Crippen molar-refractivity contribution in [3.63, 3.8) is 0 Å². The van der Waals surface area contributed by atoms with Crippen LogP contribution in [-0.4, -0.2) is 29.7 Å². The molecule has 4 aromatic carbocycles. The highest BCUT2D eigenvalue weighted by Crippen LogP contribution is 2.39. The first-order valence-corrected chi connectivity index (χ1v) is 14.1. The third kappa shape index (κ3) is 5.45. The van der Waals surface area contributed by atoms with Gasteiger partial charge in [-0.1, -0.05) is 71.7 Å². The van der Waals surface area contributed by atoms with Crippen LogP contribution in [0.3, 0.4) is 0 Å². The van der Waals surface area contributed by atoms with Crippen LogP contribution in [0.2, 0.25) is 10.0 Å². The first-order valence-electron chi connectivity index (χ1n) is 13.0. The highest BCUT2D eigenvalue weighted by molar-refractivity contribution is 7.80. The van der Waals surface area contributed by atoms with E-state index in [1.807, 2.05) is 85.9 Å². The average Bonchev–Trinajstić information content (AvgIpc) is 3.43. The first kappa shape index (κ1) is 27.8. The maximum atomic E-state index is 12.5. The van der Waals surface area contributed by atoms with E-state index in [2.05, 4.69) is 15.6 Å². The Bertz CT molecular complexity index is 1910.